The Labute approximate surface area is 132 Å². The van der Waals surface area contributed by atoms with Gasteiger partial charge in [-0.2, -0.15) is 5.10 Å². The largest absolute Gasteiger partial charge is 0.283 e. The van der Waals surface area contributed by atoms with Crippen LogP contribution in [0, 0.1) is 5.82 Å². The van der Waals surface area contributed by atoms with Gasteiger partial charge in [-0.15, -0.1) is 0 Å². The summed E-state index contributed by atoms with van der Waals surface area (Å²) in [5.74, 6) is -0.240. The first-order valence-corrected chi connectivity index (χ1v) is 8.00. The molecule has 5 heteroatoms. The third-order valence-corrected chi connectivity index (χ3v) is 5.19. The quantitative estimate of drug-likeness (QED) is 0.911. The lowest BCUT2D eigenvalue weighted by atomic mass is 10.0. The number of benzene rings is 2. The van der Waals surface area contributed by atoms with Crippen molar-refractivity contribution in [2.45, 2.75) is 18.2 Å². The predicted octanol–water partition coefficient (Wildman–Crippen LogP) is 3.96. The van der Waals surface area contributed by atoms with Gasteiger partial charge in [0.25, 0.3) is 0 Å². The number of hydrazone groups is 1. The van der Waals surface area contributed by atoms with Gasteiger partial charge >= 0.3 is 0 Å². The molecule has 2 heterocycles. The van der Waals surface area contributed by atoms with Gasteiger partial charge in [0.15, 0.2) is 4.87 Å². The molecule has 0 bridgehead atoms. The lowest BCUT2D eigenvalue weighted by Gasteiger charge is -2.20. The Kier molecular flexibility index (Phi) is 3.04. The first-order valence-electron chi connectivity index (χ1n) is 7.18. The van der Waals surface area contributed by atoms with Crippen LogP contribution in [0.2, 0.25) is 0 Å². The number of nitrogens with one attached hydrogen (secondary N) is 1. The molecular formula is C17H14FN3S. The maximum Gasteiger partial charge on any atom is 0.168 e. The van der Waals surface area contributed by atoms with Gasteiger partial charge in [-0.1, -0.05) is 24.8 Å². The van der Waals surface area contributed by atoms with E-state index in [0.717, 1.165) is 28.3 Å². The van der Waals surface area contributed by atoms with E-state index in [9.17, 15) is 4.39 Å². The highest BCUT2D eigenvalue weighted by atomic mass is 32.2. The van der Waals surface area contributed by atoms with E-state index in [4.69, 9.17) is 0 Å². The molecule has 0 aromatic heterocycles. The van der Waals surface area contributed by atoms with Gasteiger partial charge in [0.05, 0.1) is 5.69 Å². The molecule has 2 aliphatic heterocycles. The van der Waals surface area contributed by atoms with Crippen molar-refractivity contribution in [2.24, 2.45) is 10.1 Å². The third kappa shape index (κ3) is 2.04. The summed E-state index contributed by atoms with van der Waals surface area (Å²) in [6, 6.07) is 12.7. The topological polar surface area (TPSA) is 36.8 Å². The average molecular weight is 311 g/mol. The van der Waals surface area contributed by atoms with Crippen LogP contribution in [0.4, 0.5) is 10.1 Å². The van der Waals surface area contributed by atoms with Gasteiger partial charge in [0, 0.05) is 17.3 Å². The van der Waals surface area contributed by atoms with Crippen molar-refractivity contribution >= 4 is 28.7 Å². The number of aliphatic imine (C=N–C) groups is 1. The summed E-state index contributed by atoms with van der Waals surface area (Å²) in [5.41, 5.74) is 7.51. The average Bonchev–Trinajstić information content (AvgIpc) is 3.14. The minimum Gasteiger partial charge on any atom is -0.283 e. The molecule has 0 amide bonds. The van der Waals surface area contributed by atoms with Crippen molar-refractivity contribution in [3.05, 3.63) is 65.0 Å². The number of hydrogen-bond acceptors (Lipinski definition) is 4. The van der Waals surface area contributed by atoms with Crippen molar-refractivity contribution in [1.29, 1.82) is 0 Å². The highest BCUT2D eigenvalue weighted by Crippen LogP contribution is 2.47. The molecule has 0 fully saturated rings. The molecule has 1 spiro atoms. The second-order valence-corrected chi connectivity index (χ2v) is 6.57. The summed E-state index contributed by atoms with van der Waals surface area (Å²) < 4.78 is 13.1. The van der Waals surface area contributed by atoms with Crippen molar-refractivity contribution in [3.63, 3.8) is 0 Å². The summed E-state index contributed by atoms with van der Waals surface area (Å²) in [6.45, 7) is 2.14. The lowest BCUT2D eigenvalue weighted by molar-refractivity contribution is 0.628. The van der Waals surface area contributed by atoms with E-state index in [2.05, 4.69) is 40.6 Å². The van der Waals surface area contributed by atoms with E-state index < -0.39 is 4.87 Å². The van der Waals surface area contributed by atoms with Crippen LogP contribution in [0.3, 0.4) is 0 Å². The van der Waals surface area contributed by atoms with Gasteiger partial charge in [0.1, 0.15) is 10.9 Å². The number of thioether (sulfide) groups is 1. The Hall–Kier alpha value is -2.14. The van der Waals surface area contributed by atoms with Crippen molar-refractivity contribution in [1.82, 2.24) is 5.43 Å². The molecule has 110 valence electrons. The highest BCUT2D eigenvalue weighted by molar-refractivity contribution is 8.16. The molecule has 1 N–H and O–H groups in total. The van der Waals surface area contributed by atoms with Crippen LogP contribution < -0.4 is 5.43 Å². The van der Waals surface area contributed by atoms with E-state index >= 15 is 0 Å². The number of fused-ring (bicyclic) bond motifs is 2. The van der Waals surface area contributed by atoms with Crippen LogP contribution in [0.1, 0.15) is 23.6 Å². The highest BCUT2D eigenvalue weighted by Gasteiger charge is 2.42. The fourth-order valence-corrected chi connectivity index (χ4v) is 3.78. The Morgan fingerprint density at radius 3 is 2.77 bits per heavy atom. The van der Waals surface area contributed by atoms with Crippen LogP contribution >= 0.6 is 11.8 Å². The molecule has 0 radical (unpaired) electrons. The van der Waals surface area contributed by atoms with Crippen LogP contribution in [0.15, 0.2) is 52.6 Å². The number of rotatable bonds is 2. The van der Waals surface area contributed by atoms with Gasteiger partial charge < -0.3 is 0 Å². The second-order valence-electron chi connectivity index (χ2n) is 5.34. The molecular weight excluding hydrogens is 297 g/mol. The van der Waals surface area contributed by atoms with E-state index in [0.29, 0.717) is 0 Å². The van der Waals surface area contributed by atoms with Gasteiger partial charge in [-0.25, -0.2) is 4.39 Å². The molecule has 22 heavy (non-hydrogen) atoms. The number of nitrogens with zero attached hydrogens (tertiary/aromatic N) is 2. The molecule has 2 aliphatic rings. The molecule has 1 unspecified atom stereocenters. The minimum absolute atomic E-state index is 0.240. The SMILES string of the molecule is CCc1ccc2c(c1)C1(C=N2)NN=C(c2ccc(F)cc2)S1. The summed E-state index contributed by atoms with van der Waals surface area (Å²) >= 11 is 1.61. The van der Waals surface area contributed by atoms with E-state index in [1.165, 1.54) is 17.7 Å². The zero-order chi connectivity index (χ0) is 15.2. The minimum atomic E-state index is -0.440. The standard InChI is InChI=1S/C17H14FN3S/c1-2-11-3-8-15-14(9-11)17(10-19-15)21-20-16(22-17)12-4-6-13(18)7-5-12/h3-10,21H,2H2,1H3. The molecule has 0 aliphatic carbocycles. The van der Waals surface area contributed by atoms with Gasteiger partial charge in [0.2, 0.25) is 0 Å². The monoisotopic (exact) mass is 311 g/mol. The maximum atomic E-state index is 13.1. The molecule has 4 rings (SSSR count). The fourth-order valence-electron chi connectivity index (χ4n) is 2.66. The molecule has 1 atom stereocenters. The van der Waals surface area contributed by atoms with E-state index in [1.807, 2.05) is 6.21 Å². The Bertz CT molecular complexity index is 798. The maximum absolute atomic E-state index is 13.1. The summed E-state index contributed by atoms with van der Waals surface area (Å²) in [7, 11) is 0. The second kappa shape index (κ2) is 4.95. The number of aryl methyl sites for hydroxylation is 1. The van der Waals surface area contributed by atoms with Crippen LogP contribution in [0.25, 0.3) is 0 Å². The Morgan fingerprint density at radius 1 is 1.18 bits per heavy atom. The smallest absolute Gasteiger partial charge is 0.168 e. The van der Waals surface area contributed by atoms with Crippen LogP contribution in [0.5, 0.6) is 0 Å². The lowest BCUT2D eigenvalue weighted by Crippen LogP contribution is -2.32. The number of hydrogen-bond donors (Lipinski definition) is 1. The Morgan fingerprint density at radius 2 is 2.00 bits per heavy atom. The summed E-state index contributed by atoms with van der Waals surface area (Å²) in [4.78, 5) is 4.07. The summed E-state index contributed by atoms with van der Waals surface area (Å²) in [5, 5.41) is 5.29. The molecule has 0 saturated heterocycles. The van der Waals surface area contributed by atoms with Crippen molar-refractivity contribution in [3.8, 4) is 0 Å². The normalized spacial score (nSPS) is 21.8. The molecule has 3 nitrogen and oxygen atoms in total. The zero-order valence-electron chi connectivity index (χ0n) is 12.0. The van der Waals surface area contributed by atoms with Crippen LogP contribution in [-0.4, -0.2) is 11.3 Å². The Balaban J connectivity index is 1.68. The predicted molar refractivity (Wildman–Crippen MR) is 89.3 cm³/mol. The molecule has 2 aromatic carbocycles. The first kappa shape index (κ1) is 13.5. The van der Waals surface area contributed by atoms with Crippen molar-refractivity contribution in [2.75, 3.05) is 0 Å². The third-order valence-electron chi connectivity index (χ3n) is 3.93. The fraction of sp³-hybridized carbons (Fsp3) is 0.176. The molecule has 0 saturated carbocycles. The first-order chi connectivity index (χ1) is 10.7. The van der Waals surface area contributed by atoms with Gasteiger partial charge in [-0.05, 0) is 48.4 Å². The van der Waals surface area contributed by atoms with E-state index in [1.54, 1.807) is 23.9 Å². The van der Waals surface area contributed by atoms with Crippen LogP contribution in [-0.2, 0) is 11.3 Å². The number of halogens is 1. The van der Waals surface area contributed by atoms with Gasteiger partial charge in [-0.3, -0.25) is 10.4 Å². The molecule has 2 aromatic rings. The zero-order valence-corrected chi connectivity index (χ0v) is 12.8. The van der Waals surface area contributed by atoms with Crippen molar-refractivity contribution < 1.29 is 4.39 Å². The van der Waals surface area contributed by atoms with E-state index in [-0.39, 0.29) is 5.82 Å². The summed E-state index contributed by atoms with van der Waals surface area (Å²) in [6.07, 6.45) is 2.89.